The Morgan fingerprint density at radius 2 is 1.88 bits per heavy atom. The van der Waals surface area contributed by atoms with Gasteiger partial charge in [-0.25, -0.2) is 4.79 Å². The Morgan fingerprint density at radius 1 is 1.17 bits per heavy atom. The monoisotopic (exact) mass is 334 g/mol. The summed E-state index contributed by atoms with van der Waals surface area (Å²) in [7, 11) is 0. The van der Waals surface area contributed by atoms with Crippen molar-refractivity contribution in [2.24, 2.45) is 0 Å². The Kier molecular flexibility index (Phi) is 7.51. The molecule has 0 bridgehead atoms. The zero-order chi connectivity index (χ0) is 17.2. The highest BCUT2D eigenvalue weighted by molar-refractivity contribution is 5.86. The first kappa shape index (κ1) is 18.2. The molecule has 0 aromatic heterocycles. The number of carbonyl (C=O) groups excluding carboxylic acids is 2. The van der Waals surface area contributed by atoms with Gasteiger partial charge in [0.2, 0.25) is 5.91 Å². The molecule has 7 nitrogen and oxygen atoms in total. The maximum absolute atomic E-state index is 12.0. The molecular weight excluding hydrogens is 308 g/mol. The highest BCUT2D eigenvalue weighted by Gasteiger charge is 2.15. The smallest absolute Gasteiger partial charge is 0.315 e. The van der Waals surface area contributed by atoms with Gasteiger partial charge < -0.3 is 20.7 Å². The first-order valence-electron chi connectivity index (χ1n) is 8.31. The van der Waals surface area contributed by atoms with Crippen LogP contribution in [-0.2, 0) is 16.1 Å². The molecule has 7 heteroatoms. The SMILES string of the molecule is CC(NC(=O)NCCN1CCOCC1)C(=O)NCc1ccccc1. The van der Waals surface area contributed by atoms with Crippen LogP contribution < -0.4 is 16.0 Å². The fourth-order valence-corrected chi connectivity index (χ4v) is 2.40. The Morgan fingerprint density at radius 3 is 2.58 bits per heavy atom. The first-order valence-corrected chi connectivity index (χ1v) is 8.31. The number of amides is 3. The van der Waals surface area contributed by atoms with Gasteiger partial charge in [-0.05, 0) is 12.5 Å². The second-order valence-corrected chi connectivity index (χ2v) is 5.78. The fraction of sp³-hybridized carbons (Fsp3) is 0.529. The van der Waals surface area contributed by atoms with Crippen molar-refractivity contribution in [1.82, 2.24) is 20.9 Å². The molecule has 1 atom stereocenters. The van der Waals surface area contributed by atoms with E-state index in [0.717, 1.165) is 38.4 Å². The van der Waals surface area contributed by atoms with E-state index in [1.54, 1.807) is 6.92 Å². The maximum atomic E-state index is 12.0. The average molecular weight is 334 g/mol. The van der Waals surface area contributed by atoms with Crippen LogP contribution in [0.25, 0.3) is 0 Å². The van der Waals surface area contributed by atoms with Gasteiger partial charge in [-0.2, -0.15) is 0 Å². The van der Waals surface area contributed by atoms with Crippen molar-refractivity contribution in [3.63, 3.8) is 0 Å². The van der Waals surface area contributed by atoms with E-state index < -0.39 is 6.04 Å². The Hall–Kier alpha value is -2.12. The van der Waals surface area contributed by atoms with Crippen LogP contribution in [-0.4, -0.2) is 62.3 Å². The van der Waals surface area contributed by atoms with Crippen molar-refractivity contribution in [1.29, 1.82) is 0 Å². The van der Waals surface area contributed by atoms with Crippen molar-refractivity contribution < 1.29 is 14.3 Å². The molecule has 132 valence electrons. The molecule has 0 aliphatic carbocycles. The number of ether oxygens (including phenoxy) is 1. The molecule has 1 aromatic carbocycles. The normalized spacial score (nSPS) is 16.2. The summed E-state index contributed by atoms with van der Waals surface area (Å²) in [5.41, 5.74) is 1.02. The van der Waals surface area contributed by atoms with Gasteiger partial charge in [0.15, 0.2) is 0 Å². The Labute approximate surface area is 142 Å². The molecule has 0 saturated carbocycles. The first-order chi connectivity index (χ1) is 11.6. The van der Waals surface area contributed by atoms with Crippen LogP contribution in [0.5, 0.6) is 0 Å². The van der Waals surface area contributed by atoms with Crippen molar-refractivity contribution in [2.45, 2.75) is 19.5 Å². The molecule has 1 aliphatic heterocycles. The van der Waals surface area contributed by atoms with Gasteiger partial charge in [-0.3, -0.25) is 9.69 Å². The molecule has 0 spiro atoms. The summed E-state index contributed by atoms with van der Waals surface area (Å²) in [6.45, 7) is 6.71. The predicted molar refractivity (Wildman–Crippen MR) is 91.5 cm³/mol. The van der Waals surface area contributed by atoms with E-state index in [1.807, 2.05) is 30.3 Å². The molecule has 24 heavy (non-hydrogen) atoms. The zero-order valence-electron chi connectivity index (χ0n) is 14.1. The van der Waals surface area contributed by atoms with E-state index in [-0.39, 0.29) is 11.9 Å². The van der Waals surface area contributed by atoms with Crippen molar-refractivity contribution >= 4 is 11.9 Å². The maximum Gasteiger partial charge on any atom is 0.315 e. The minimum atomic E-state index is -0.586. The van der Waals surface area contributed by atoms with Crippen LogP contribution in [0, 0.1) is 0 Å². The molecule has 3 amide bonds. The number of rotatable bonds is 7. The Balaban J connectivity index is 1.60. The van der Waals surface area contributed by atoms with E-state index in [0.29, 0.717) is 13.1 Å². The van der Waals surface area contributed by atoms with Gasteiger partial charge in [0.1, 0.15) is 6.04 Å². The molecule has 1 saturated heterocycles. The standard InChI is InChI=1S/C17H26N4O3/c1-14(16(22)19-13-15-5-3-2-4-6-15)20-17(23)18-7-8-21-9-11-24-12-10-21/h2-6,14H,7-13H2,1H3,(H,19,22)(H2,18,20,23). The van der Waals surface area contributed by atoms with Crippen LogP contribution in [0.4, 0.5) is 4.79 Å². The van der Waals surface area contributed by atoms with E-state index in [2.05, 4.69) is 20.9 Å². The third kappa shape index (κ3) is 6.55. The summed E-state index contributed by atoms with van der Waals surface area (Å²) in [4.78, 5) is 26.1. The minimum absolute atomic E-state index is 0.206. The molecular formula is C17H26N4O3. The summed E-state index contributed by atoms with van der Waals surface area (Å²) in [6.07, 6.45) is 0. The van der Waals surface area contributed by atoms with Crippen molar-refractivity contribution in [3.05, 3.63) is 35.9 Å². The molecule has 1 unspecified atom stereocenters. The summed E-state index contributed by atoms with van der Waals surface area (Å²) in [5, 5.41) is 8.23. The van der Waals surface area contributed by atoms with E-state index in [4.69, 9.17) is 4.74 Å². The molecule has 3 N–H and O–H groups in total. The largest absolute Gasteiger partial charge is 0.379 e. The fourth-order valence-electron chi connectivity index (χ4n) is 2.40. The zero-order valence-corrected chi connectivity index (χ0v) is 14.1. The van der Waals surface area contributed by atoms with E-state index in [9.17, 15) is 9.59 Å². The molecule has 0 radical (unpaired) electrons. The van der Waals surface area contributed by atoms with Crippen molar-refractivity contribution in [3.8, 4) is 0 Å². The summed E-state index contributed by atoms with van der Waals surface area (Å²) >= 11 is 0. The quantitative estimate of drug-likeness (QED) is 0.671. The molecule has 2 rings (SSSR count). The third-order valence-electron chi connectivity index (χ3n) is 3.87. The summed E-state index contributed by atoms with van der Waals surface area (Å²) < 4.78 is 5.28. The van der Waals surface area contributed by atoms with Crippen LogP contribution >= 0.6 is 0 Å². The number of benzene rings is 1. The third-order valence-corrected chi connectivity index (χ3v) is 3.87. The number of morpholine rings is 1. The second kappa shape index (κ2) is 9.89. The number of hydrogen-bond donors (Lipinski definition) is 3. The van der Waals surface area contributed by atoms with Gasteiger partial charge in [-0.15, -0.1) is 0 Å². The highest BCUT2D eigenvalue weighted by Crippen LogP contribution is 1.97. The minimum Gasteiger partial charge on any atom is -0.379 e. The summed E-state index contributed by atoms with van der Waals surface area (Å²) in [5.74, 6) is -0.206. The Bertz CT molecular complexity index is 518. The van der Waals surface area contributed by atoms with Crippen LogP contribution in [0.2, 0.25) is 0 Å². The van der Waals surface area contributed by atoms with Gasteiger partial charge in [0.05, 0.1) is 13.2 Å². The molecule has 1 aromatic rings. The lowest BCUT2D eigenvalue weighted by molar-refractivity contribution is -0.122. The molecule has 1 heterocycles. The van der Waals surface area contributed by atoms with Crippen molar-refractivity contribution in [2.75, 3.05) is 39.4 Å². The lowest BCUT2D eigenvalue weighted by atomic mass is 10.2. The van der Waals surface area contributed by atoms with Gasteiger partial charge in [-0.1, -0.05) is 30.3 Å². The predicted octanol–water partition coefficient (Wildman–Crippen LogP) is 0.323. The van der Waals surface area contributed by atoms with Crippen LogP contribution in [0.1, 0.15) is 12.5 Å². The highest BCUT2D eigenvalue weighted by atomic mass is 16.5. The number of carbonyl (C=O) groups is 2. The molecule has 1 fully saturated rings. The number of urea groups is 1. The average Bonchev–Trinajstić information content (AvgIpc) is 2.61. The second-order valence-electron chi connectivity index (χ2n) is 5.78. The lowest BCUT2D eigenvalue weighted by Crippen LogP contribution is -2.49. The lowest BCUT2D eigenvalue weighted by Gasteiger charge is -2.26. The topological polar surface area (TPSA) is 82.7 Å². The number of hydrogen-bond acceptors (Lipinski definition) is 4. The van der Waals surface area contributed by atoms with Gasteiger partial charge >= 0.3 is 6.03 Å². The van der Waals surface area contributed by atoms with Gasteiger partial charge in [0, 0.05) is 32.7 Å². The van der Waals surface area contributed by atoms with E-state index in [1.165, 1.54) is 0 Å². The number of nitrogens with zero attached hydrogens (tertiary/aromatic N) is 1. The van der Waals surface area contributed by atoms with Gasteiger partial charge in [0.25, 0.3) is 0 Å². The van der Waals surface area contributed by atoms with E-state index >= 15 is 0 Å². The molecule has 1 aliphatic rings. The number of nitrogens with one attached hydrogen (secondary N) is 3. The summed E-state index contributed by atoms with van der Waals surface area (Å²) in [6, 6.07) is 8.74. The van der Waals surface area contributed by atoms with Crippen LogP contribution in [0.15, 0.2) is 30.3 Å². The van der Waals surface area contributed by atoms with Crippen LogP contribution in [0.3, 0.4) is 0 Å².